The topological polar surface area (TPSA) is 29.5 Å². The van der Waals surface area contributed by atoms with Crippen LogP contribution in [0.5, 0.6) is 5.75 Å². The molecule has 0 aliphatic heterocycles. The van der Waals surface area contributed by atoms with Gasteiger partial charge in [0.15, 0.2) is 0 Å². The number of rotatable bonds is 6. The van der Waals surface area contributed by atoms with Gasteiger partial charge in [0.05, 0.1) is 12.7 Å². The third-order valence-corrected chi connectivity index (χ3v) is 3.56. The van der Waals surface area contributed by atoms with Crippen LogP contribution in [0.25, 0.3) is 0 Å². The quantitative estimate of drug-likeness (QED) is 0.860. The Hall–Kier alpha value is -1.32. The summed E-state index contributed by atoms with van der Waals surface area (Å²) in [6.45, 7) is 2.56. The highest BCUT2D eigenvalue weighted by Crippen LogP contribution is 2.15. The molecule has 0 saturated heterocycles. The summed E-state index contributed by atoms with van der Waals surface area (Å²) in [5, 5.41) is 10.0. The maximum atomic E-state index is 10.0. The van der Waals surface area contributed by atoms with Crippen LogP contribution < -0.4 is 4.74 Å². The molecule has 2 nitrogen and oxygen atoms in total. The number of aliphatic hydroxyl groups excluding tert-OH is 1. The van der Waals surface area contributed by atoms with Gasteiger partial charge in [-0.15, -0.1) is 0 Å². The molecule has 0 saturated carbocycles. The SMILES string of the molecule is Cc1cccc(OCCC(O)Cc2cccc(Br)c2)c1. The van der Waals surface area contributed by atoms with E-state index in [0.717, 1.165) is 15.8 Å². The lowest BCUT2D eigenvalue weighted by molar-refractivity contribution is 0.139. The van der Waals surface area contributed by atoms with E-state index in [1.807, 2.05) is 55.5 Å². The van der Waals surface area contributed by atoms with Crippen LogP contribution in [0.3, 0.4) is 0 Å². The van der Waals surface area contributed by atoms with Crippen LogP contribution >= 0.6 is 15.9 Å². The summed E-state index contributed by atoms with van der Waals surface area (Å²) in [7, 11) is 0. The number of benzene rings is 2. The molecule has 1 unspecified atom stereocenters. The molecule has 0 bridgehead atoms. The van der Waals surface area contributed by atoms with Gasteiger partial charge < -0.3 is 9.84 Å². The van der Waals surface area contributed by atoms with E-state index in [1.165, 1.54) is 5.56 Å². The summed E-state index contributed by atoms with van der Waals surface area (Å²) < 4.78 is 6.69. The second kappa shape index (κ2) is 7.46. The molecule has 1 atom stereocenters. The maximum absolute atomic E-state index is 10.0. The Morgan fingerprint density at radius 1 is 1.15 bits per heavy atom. The second-order valence-electron chi connectivity index (χ2n) is 4.94. The minimum atomic E-state index is -0.380. The molecule has 106 valence electrons. The molecule has 0 radical (unpaired) electrons. The summed E-state index contributed by atoms with van der Waals surface area (Å²) in [6, 6.07) is 16.0. The van der Waals surface area contributed by atoms with E-state index in [0.29, 0.717) is 19.4 Å². The number of hydrogen-bond acceptors (Lipinski definition) is 2. The van der Waals surface area contributed by atoms with Crippen LogP contribution in [0.4, 0.5) is 0 Å². The van der Waals surface area contributed by atoms with Gasteiger partial charge in [-0.2, -0.15) is 0 Å². The fraction of sp³-hybridized carbons (Fsp3) is 0.294. The van der Waals surface area contributed by atoms with Crippen molar-refractivity contribution in [3.63, 3.8) is 0 Å². The third kappa shape index (κ3) is 4.99. The molecule has 0 heterocycles. The zero-order valence-electron chi connectivity index (χ0n) is 11.6. The maximum Gasteiger partial charge on any atom is 0.119 e. The van der Waals surface area contributed by atoms with Gasteiger partial charge in [-0.25, -0.2) is 0 Å². The minimum absolute atomic E-state index is 0.380. The molecule has 0 aromatic heterocycles. The molecule has 2 rings (SSSR count). The van der Waals surface area contributed by atoms with Crippen LogP contribution in [0, 0.1) is 6.92 Å². The zero-order chi connectivity index (χ0) is 14.4. The fourth-order valence-corrected chi connectivity index (χ4v) is 2.50. The molecule has 0 amide bonds. The summed E-state index contributed by atoms with van der Waals surface area (Å²) in [4.78, 5) is 0. The van der Waals surface area contributed by atoms with E-state index < -0.39 is 0 Å². The highest BCUT2D eigenvalue weighted by molar-refractivity contribution is 9.10. The Labute approximate surface area is 128 Å². The van der Waals surface area contributed by atoms with Gasteiger partial charge in [-0.1, -0.05) is 40.2 Å². The van der Waals surface area contributed by atoms with Crippen molar-refractivity contribution in [3.8, 4) is 5.75 Å². The molecule has 3 heteroatoms. The summed E-state index contributed by atoms with van der Waals surface area (Å²) in [6.07, 6.45) is 0.894. The number of aryl methyl sites for hydroxylation is 1. The number of hydrogen-bond donors (Lipinski definition) is 1. The molecule has 20 heavy (non-hydrogen) atoms. The van der Waals surface area contributed by atoms with Crippen molar-refractivity contribution >= 4 is 15.9 Å². The summed E-state index contributed by atoms with van der Waals surface area (Å²) in [5.74, 6) is 0.861. The monoisotopic (exact) mass is 334 g/mol. The predicted octanol–water partition coefficient (Wildman–Crippen LogP) is 4.13. The van der Waals surface area contributed by atoms with Gasteiger partial charge in [0.2, 0.25) is 0 Å². The Kier molecular flexibility index (Phi) is 5.62. The predicted molar refractivity (Wildman–Crippen MR) is 85.1 cm³/mol. The van der Waals surface area contributed by atoms with Gasteiger partial charge in [-0.05, 0) is 48.7 Å². The number of aliphatic hydroxyl groups is 1. The van der Waals surface area contributed by atoms with Crippen molar-refractivity contribution in [1.29, 1.82) is 0 Å². The van der Waals surface area contributed by atoms with Gasteiger partial charge in [0.25, 0.3) is 0 Å². The molecule has 2 aromatic carbocycles. The van der Waals surface area contributed by atoms with Crippen LogP contribution in [-0.4, -0.2) is 17.8 Å². The van der Waals surface area contributed by atoms with Crippen LogP contribution in [0.15, 0.2) is 53.0 Å². The highest BCUT2D eigenvalue weighted by Gasteiger charge is 2.06. The molecule has 0 spiro atoms. The first-order valence-corrected chi connectivity index (χ1v) is 7.55. The number of halogens is 1. The van der Waals surface area contributed by atoms with Crippen molar-refractivity contribution in [2.45, 2.75) is 25.9 Å². The first-order chi connectivity index (χ1) is 9.63. The summed E-state index contributed by atoms with van der Waals surface area (Å²) >= 11 is 3.44. The highest BCUT2D eigenvalue weighted by atomic mass is 79.9. The Morgan fingerprint density at radius 3 is 2.70 bits per heavy atom. The largest absolute Gasteiger partial charge is 0.493 e. The lowest BCUT2D eigenvalue weighted by Crippen LogP contribution is -2.14. The van der Waals surface area contributed by atoms with Gasteiger partial charge in [0, 0.05) is 10.9 Å². The minimum Gasteiger partial charge on any atom is -0.493 e. The van der Waals surface area contributed by atoms with E-state index in [9.17, 15) is 5.11 Å². The van der Waals surface area contributed by atoms with Gasteiger partial charge in [0.1, 0.15) is 5.75 Å². The van der Waals surface area contributed by atoms with Crippen LogP contribution in [0.2, 0.25) is 0 Å². The first-order valence-electron chi connectivity index (χ1n) is 6.75. The van der Waals surface area contributed by atoms with Gasteiger partial charge >= 0.3 is 0 Å². The van der Waals surface area contributed by atoms with Crippen molar-refractivity contribution < 1.29 is 9.84 Å². The van der Waals surface area contributed by atoms with Gasteiger partial charge in [-0.3, -0.25) is 0 Å². The van der Waals surface area contributed by atoms with E-state index in [2.05, 4.69) is 15.9 Å². The molecule has 0 aliphatic rings. The van der Waals surface area contributed by atoms with E-state index >= 15 is 0 Å². The first kappa shape index (κ1) is 15.1. The van der Waals surface area contributed by atoms with Crippen LogP contribution in [-0.2, 0) is 6.42 Å². The third-order valence-electron chi connectivity index (χ3n) is 3.07. The molecular weight excluding hydrogens is 316 g/mol. The lowest BCUT2D eigenvalue weighted by atomic mass is 10.1. The average Bonchev–Trinajstić information content (AvgIpc) is 2.38. The standard InChI is InChI=1S/C17H19BrO2/c1-13-4-2-7-17(10-13)20-9-8-16(19)12-14-5-3-6-15(18)11-14/h2-7,10-11,16,19H,8-9,12H2,1H3. The molecular formula is C17H19BrO2. The van der Waals surface area contributed by atoms with E-state index in [-0.39, 0.29) is 6.10 Å². The Morgan fingerprint density at radius 2 is 1.95 bits per heavy atom. The second-order valence-corrected chi connectivity index (χ2v) is 5.86. The van der Waals surface area contributed by atoms with Crippen molar-refractivity contribution in [1.82, 2.24) is 0 Å². The summed E-state index contributed by atoms with van der Waals surface area (Å²) in [5.41, 5.74) is 2.31. The smallest absolute Gasteiger partial charge is 0.119 e. The Balaban J connectivity index is 1.76. The number of ether oxygens (including phenoxy) is 1. The van der Waals surface area contributed by atoms with Crippen molar-refractivity contribution in [3.05, 3.63) is 64.1 Å². The lowest BCUT2D eigenvalue weighted by Gasteiger charge is -2.12. The van der Waals surface area contributed by atoms with E-state index in [1.54, 1.807) is 0 Å². The molecule has 0 fully saturated rings. The molecule has 2 aromatic rings. The fourth-order valence-electron chi connectivity index (χ4n) is 2.06. The van der Waals surface area contributed by atoms with Crippen LogP contribution in [0.1, 0.15) is 17.5 Å². The molecule has 0 aliphatic carbocycles. The normalized spacial score (nSPS) is 12.2. The average molecular weight is 335 g/mol. The molecule has 1 N–H and O–H groups in total. The zero-order valence-corrected chi connectivity index (χ0v) is 13.1. The van der Waals surface area contributed by atoms with E-state index in [4.69, 9.17) is 4.74 Å². The Bertz CT molecular complexity index is 554. The van der Waals surface area contributed by atoms with Crippen molar-refractivity contribution in [2.75, 3.05) is 6.61 Å². The van der Waals surface area contributed by atoms with Crippen molar-refractivity contribution in [2.24, 2.45) is 0 Å².